The minimum atomic E-state index is 0.0417. The van der Waals surface area contributed by atoms with Crippen molar-refractivity contribution in [2.24, 2.45) is 0 Å². The number of aliphatic hydroxyl groups is 2. The van der Waals surface area contributed by atoms with Gasteiger partial charge in [-0.25, -0.2) is 0 Å². The molecule has 0 spiro atoms. The zero-order chi connectivity index (χ0) is 14.9. The summed E-state index contributed by atoms with van der Waals surface area (Å²) < 4.78 is 15.1. The van der Waals surface area contributed by atoms with E-state index in [2.05, 4.69) is 13.2 Å². The van der Waals surface area contributed by atoms with Gasteiger partial charge in [0.1, 0.15) is 0 Å². The molecule has 0 aliphatic carbocycles. The molecule has 0 fully saturated rings. The average molecular weight is 276 g/mol. The average Bonchev–Trinajstić information content (AvgIpc) is 2.43. The summed E-state index contributed by atoms with van der Waals surface area (Å²) in [5.74, 6) is 0. The molecule has 0 aromatic rings. The van der Waals surface area contributed by atoms with E-state index in [4.69, 9.17) is 24.4 Å². The Morgan fingerprint density at radius 3 is 1.47 bits per heavy atom. The van der Waals surface area contributed by atoms with Crippen LogP contribution in [0.4, 0.5) is 0 Å². The van der Waals surface area contributed by atoms with Gasteiger partial charge in [-0.15, -0.1) is 13.2 Å². The molecule has 0 amide bonds. The Labute approximate surface area is 116 Å². The lowest BCUT2D eigenvalue weighted by molar-refractivity contribution is 0.0222. The molecule has 19 heavy (non-hydrogen) atoms. The van der Waals surface area contributed by atoms with Crippen LogP contribution in [0.5, 0.6) is 0 Å². The van der Waals surface area contributed by atoms with Crippen molar-refractivity contribution in [2.45, 2.75) is 26.1 Å². The molecule has 0 aromatic heterocycles. The van der Waals surface area contributed by atoms with E-state index in [-0.39, 0.29) is 25.4 Å². The highest BCUT2D eigenvalue weighted by Crippen LogP contribution is 1.98. The van der Waals surface area contributed by atoms with Gasteiger partial charge in [0.15, 0.2) is 0 Å². The molecule has 0 saturated carbocycles. The first kappa shape index (κ1) is 20.6. The van der Waals surface area contributed by atoms with Gasteiger partial charge in [0.25, 0.3) is 0 Å². The third kappa shape index (κ3) is 19.8. The van der Waals surface area contributed by atoms with Crippen molar-refractivity contribution in [1.82, 2.24) is 0 Å². The fourth-order valence-corrected chi connectivity index (χ4v) is 0.901. The molecule has 114 valence electrons. The van der Waals surface area contributed by atoms with Gasteiger partial charge in [-0.2, -0.15) is 0 Å². The maximum Gasteiger partial charge on any atom is 0.0732 e. The molecule has 0 aromatic carbocycles. The third-order valence-electron chi connectivity index (χ3n) is 1.94. The molecule has 2 N–H and O–H groups in total. The number of rotatable bonds is 11. The Kier molecular flexibility index (Phi) is 18.7. The summed E-state index contributed by atoms with van der Waals surface area (Å²) in [5.41, 5.74) is 0. The quantitative estimate of drug-likeness (QED) is 0.438. The lowest BCUT2D eigenvalue weighted by atomic mass is 10.3. The molecule has 5 nitrogen and oxygen atoms in total. The fourth-order valence-electron chi connectivity index (χ4n) is 0.901. The molecule has 2 unspecified atom stereocenters. The lowest BCUT2D eigenvalue weighted by Gasteiger charge is -2.11. The summed E-state index contributed by atoms with van der Waals surface area (Å²) in [7, 11) is 0. The van der Waals surface area contributed by atoms with E-state index in [0.717, 1.165) is 0 Å². The van der Waals surface area contributed by atoms with E-state index in [9.17, 15) is 0 Å². The lowest BCUT2D eigenvalue weighted by Crippen LogP contribution is -2.11. The van der Waals surface area contributed by atoms with E-state index in [1.165, 1.54) is 0 Å². The van der Waals surface area contributed by atoms with Crippen molar-refractivity contribution < 1.29 is 24.4 Å². The number of hydrogen-bond acceptors (Lipinski definition) is 5. The minimum Gasteiger partial charge on any atom is -0.394 e. The van der Waals surface area contributed by atoms with Crippen LogP contribution in [0, 0.1) is 0 Å². The second-order valence-electron chi connectivity index (χ2n) is 3.69. The van der Waals surface area contributed by atoms with Gasteiger partial charge in [0, 0.05) is 0 Å². The fraction of sp³-hybridized carbons (Fsp3) is 0.714. The number of aliphatic hydroxyl groups excluding tert-OH is 2. The highest BCUT2D eigenvalue weighted by atomic mass is 16.5. The van der Waals surface area contributed by atoms with Gasteiger partial charge in [0.05, 0.1) is 51.8 Å². The molecule has 0 heterocycles. The molecular weight excluding hydrogens is 248 g/mol. The van der Waals surface area contributed by atoms with Crippen molar-refractivity contribution in [3.05, 3.63) is 25.3 Å². The van der Waals surface area contributed by atoms with E-state index >= 15 is 0 Å². The normalized spacial score (nSPS) is 13.1. The highest BCUT2D eigenvalue weighted by molar-refractivity contribution is 4.81. The maximum atomic E-state index is 8.26. The first-order chi connectivity index (χ1) is 9.12. The largest absolute Gasteiger partial charge is 0.394 e. The van der Waals surface area contributed by atoms with Crippen LogP contribution in [0.2, 0.25) is 0 Å². The summed E-state index contributed by atoms with van der Waals surface area (Å²) >= 11 is 0. The first-order valence-electron chi connectivity index (χ1n) is 6.40. The summed E-state index contributed by atoms with van der Waals surface area (Å²) in [4.78, 5) is 0. The zero-order valence-electron chi connectivity index (χ0n) is 12.1. The van der Waals surface area contributed by atoms with Gasteiger partial charge in [-0.1, -0.05) is 12.2 Å². The zero-order valence-corrected chi connectivity index (χ0v) is 12.1. The van der Waals surface area contributed by atoms with Crippen LogP contribution in [-0.2, 0) is 14.2 Å². The van der Waals surface area contributed by atoms with Crippen molar-refractivity contribution in [1.29, 1.82) is 0 Å². The SMILES string of the molecule is C=CC(C)OC(C)C=C.OCCOCCOCCO. The van der Waals surface area contributed by atoms with Crippen molar-refractivity contribution in [3.63, 3.8) is 0 Å². The van der Waals surface area contributed by atoms with Crippen LogP contribution in [-0.4, -0.2) is 62.1 Å². The molecule has 5 heteroatoms. The molecule has 0 saturated heterocycles. The van der Waals surface area contributed by atoms with E-state index in [1.54, 1.807) is 12.2 Å². The summed E-state index contributed by atoms with van der Waals surface area (Å²) in [6.45, 7) is 12.8. The molecule has 0 aliphatic rings. The molecule has 2 atom stereocenters. The molecular formula is C14H28O5. The maximum absolute atomic E-state index is 8.26. The van der Waals surface area contributed by atoms with Crippen LogP contribution in [0.1, 0.15) is 13.8 Å². The molecule has 0 bridgehead atoms. The number of hydrogen-bond donors (Lipinski definition) is 2. The van der Waals surface area contributed by atoms with Gasteiger partial charge >= 0.3 is 0 Å². The van der Waals surface area contributed by atoms with Crippen LogP contribution in [0.15, 0.2) is 25.3 Å². The van der Waals surface area contributed by atoms with E-state index in [1.807, 2.05) is 13.8 Å². The van der Waals surface area contributed by atoms with Crippen molar-refractivity contribution in [3.8, 4) is 0 Å². The second kappa shape index (κ2) is 17.3. The van der Waals surface area contributed by atoms with Crippen LogP contribution in [0.25, 0.3) is 0 Å². The Morgan fingerprint density at radius 1 is 0.842 bits per heavy atom. The van der Waals surface area contributed by atoms with Crippen molar-refractivity contribution in [2.75, 3.05) is 39.6 Å². The van der Waals surface area contributed by atoms with E-state index in [0.29, 0.717) is 26.4 Å². The first-order valence-corrected chi connectivity index (χ1v) is 6.40. The Balaban J connectivity index is 0. The minimum absolute atomic E-state index is 0.0417. The molecule has 0 radical (unpaired) electrons. The Morgan fingerprint density at radius 2 is 1.21 bits per heavy atom. The van der Waals surface area contributed by atoms with Gasteiger partial charge in [0.2, 0.25) is 0 Å². The summed E-state index contributed by atoms with van der Waals surface area (Å²) in [5, 5.41) is 16.5. The second-order valence-corrected chi connectivity index (χ2v) is 3.69. The van der Waals surface area contributed by atoms with Crippen LogP contribution < -0.4 is 0 Å². The Hall–Kier alpha value is -0.720. The smallest absolute Gasteiger partial charge is 0.0732 e. The van der Waals surface area contributed by atoms with Crippen LogP contribution in [0.3, 0.4) is 0 Å². The van der Waals surface area contributed by atoms with Gasteiger partial charge < -0.3 is 24.4 Å². The molecule has 0 aliphatic heterocycles. The summed E-state index contributed by atoms with van der Waals surface area (Å²) in [6.07, 6.45) is 3.77. The van der Waals surface area contributed by atoms with Crippen LogP contribution >= 0.6 is 0 Å². The molecule has 0 rings (SSSR count). The summed E-state index contributed by atoms with van der Waals surface area (Å²) in [6, 6.07) is 0. The van der Waals surface area contributed by atoms with Crippen molar-refractivity contribution >= 4 is 0 Å². The monoisotopic (exact) mass is 276 g/mol. The third-order valence-corrected chi connectivity index (χ3v) is 1.94. The number of ether oxygens (including phenoxy) is 3. The standard InChI is InChI=1S/C8H14O.C6H14O4/c1-5-7(3)9-8(4)6-2;7-1-3-9-5-6-10-4-2-8/h5-8H,1-2H2,3-4H3;7-8H,1-6H2. The Bertz CT molecular complexity index is 176. The van der Waals surface area contributed by atoms with E-state index < -0.39 is 0 Å². The van der Waals surface area contributed by atoms with Gasteiger partial charge in [-0.05, 0) is 13.8 Å². The highest BCUT2D eigenvalue weighted by Gasteiger charge is 1.98. The predicted molar refractivity (Wildman–Crippen MR) is 76.2 cm³/mol. The van der Waals surface area contributed by atoms with Gasteiger partial charge in [-0.3, -0.25) is 0 Å². The topological polar surface area (TPSA) is 68.2 Å². The predicted octanol–water partition coefficient (Wildman–Crippen LogP) is 1.16.